The molecular weight excluding hydrogens is 374 g/mol. The maximum Gasteiger partial charge on any atom is 0.219 e. The summed E-state index contributed by atoms with van der Waals surface area (Å²) in [5.41, 5.74) is 4.85. The van der Waals surface area contributed by atoms with Crippen molar-refractivity contribution in [2.45, 2.75) is 65.8 Å². The van der Waals surface area contributed by atoms with E-state index in [1.54, 1.807) is 0 Å². The van der Waals surface area contributed by atoms with Crippen LogP contribution in [0.5, 0.6) is 0 Å². The molecule has 2 aromatic rings. The highest BCUT2D eigenvalue weighted by Gasteiger charge is 2.25. The Morgan fingerprint density at radius 2 is 1.48 bits per heavy atom. The van der Waals surface area contributed by atoms with Crippen LogP contribution in [0.3, 0.4) is 0 Å². The largest absolute Gasteiger partial charge is 0.412 e. The third kappa shape index (κ3) is 5.28. The average Bonchev–Trinajstić information content (AvgIpc) is 3.15. The fraction of sp³-hybridized carbons (Fsp3) is 0.417. The topological polar surface area (TPSA) is 28.6 Å². The maximum atomic E-state index is 6.02. The molecular formula is C24H33N3OSi. The third-order valence-corrected chi connectivity index (χ3v) is 5.87. The molecule has 1 aromatic heterocycles. The molecule has 0 saturated carbocycles. The number of aromatic nitrogens is 1. The van der Waals surface area contributed by atoms with Crippen LogP contribution in [0, 0.1) is 6.67 Å². The van der Waals surface area contributed by atoms with Crippen LogP contribution in [0.1, 0.15) is 56.4 Å². The van der Waals surface area contributed by atoms with Gasteiger partial charge in [-0.05, 0) is 54.7 Å². The minimum absolute atomic E-state index is 0.438. The van der Waals surface area contributed by atoms with Crippen LogP contribution >= 0.6 is 0 Å². The van der Waals surface area contributed by atoms with Gasteiger partial charge in [-0.1, -0.05) is 52.0 Å². The van der Waals surface area contributed by atoms with Crippen molar-refractivity contribution in [3.05, 3.63) is 72.3 Å². The van der Waals surface area contributed by atoms with E-state index in [2.05, 4.69) is 83.3 Å². The zero-order valence-corrected chi connectivity index (χ0v) is 19.7. The molecule has 0 spiro atoms. The van der Waals surface area contributed by atoms with Gasteiger partial charge in [0.1, 0.15) is 5.82 Å². The number of hydrogen-bond acceptors (Lipinski definition) is 4. The molecule has 0 N–H and O–H groups in total. The van der Waals surface area contributed by atoms with Crippen molar-refractivity contribution in [1.82, 2.24) is 4.98 Å². The zero-order chi connectivity index (χ0) is 21.2. The summed E-state index contributed by atoms with van der Waals surface area (Å²) in [7, 11) is -1.57. The summed E-state index contributed by atoms with van der Waals surface area (Å²) in [6, 6.07) is 12.7. The number of hydrogen-bond donors (Lipinski definition) is 0. The van der Waals surface area contributed by atoms with E-state index in [9.17, 15) is 0 Å². The van der Waals surface area contributed by atoms with E-state index in [-0.39, 0.29) is 0 Å². The van der Waals surface area contributed by atoms with E-state index in [4.69, 9.17) is 9.41 Å². The summed E-state index contributed by atoms with van der Waals surface area (Å²) in [6.45, 7) is 19.6. The number of para-hydroxylation sites is 1. The summed E-state index contributed by atoms with van der Waals surface area (Å²) >= 11 is 0. The summed E-state index contributed by atoms with van der Waals surface area (Å²) in [4.78, 5) is 8.85. The second kappa shape index (κ2) is 8.72. The first kappa shape index (κ1) is 21.6. The minimum atomic E-state index is -1.57. The van der Waals surface area contributed by atoms with Gasteiger partial charge in [0.05, 0.1) is 18.0 Å². The molecule has 0 amide bonds. The Labute approximate surface area is 177 Å². The van der Waals surface area contributed by atoms with Crippen LogP contribution < -0.4 is 9.80 Å². The molecule has 0 atom stereocenters. The second-order valence-corrected chi connectivity index (χ2v) is 13.6. The summed E-state index contributed by atoms with van der Waals surface area (Å²) in [5.74, 6) is 1.73. The van der Waals surface area contributed by atoms with Crippen molar-refractivity contribution < 1.29 is 4.43 Å². The Morgan fingerprint density at radius 3 is 2.07 bits per heavy atom. The molecule has 0 unspecified atom stereocenters. The van der Waals surface area contributed by atoms with Crippen molar-refractivity contribution in [2.24, 2.45) is 0 Å². The molecule has 29 heavy (non-hydrogen) atoms. The van der Waals surface area contributed by atoms with Crippen molar-refractivity contribution in [3.8, 4) is 0 Å². The number of rotatable bonds is 7. The standard InChI is InChI=1S/C24H33N3OSi/c1-18(2)21-11-9-12-22(19(3)4)24(21)27-15-14-26(17-27)23-13-8-10-20(25-23)16-28-29(5,6)7/h8-15,18-19H,16H2,1-7H3. The predicted molar refractivity (Wildman–Crippen MR) is 124 cm³/mol. The Bertz CT molecular complexity index is 844. The summed E-state index contributed by atoms with van der Waals surface area (Å²) in [6.07, 6.45) is 4.09. The fourth-order valence-corrected chi connectivity index (χ4v) is 3.91. The molecule has 154 valence electrons. The molecule has 1 aliphatic heterocycles. The number of benzene rings is 1. The monoisotopic (exact) mass is 407 g/mol. The van der Waals surface area contributed by atoms with E-state index in [0.717, 1.165) is 11.5 Å². The van der Waals surface area contributed by atoms with E-state index in [1.165, 1.54) is 16.8 Å². The Hall–Kier alpha value is -2.11. The van der Waals surface area contributed by atoms with Crippen molar-refractivity contribution in [3.63, 3.8) is 0 Å². The van der Waals surface area contributed by atoms with Gasteiger partial charge in [0, 0.05) is 12.4 Å². The number of nitrogens with zero attached hydrogens (tertiary/aromatic N) is 3. The van der Waals surface area contributed by atoms with Crippen molar-refractivity contribution in [2.75, 3.05) is 9.80 Å². The maximum absolute atomic E-state index is 6.02. The van der Waals surface area contributed by atoms with E-state index < -0.39 is 8.32 Å². The summed E-state index contributed by atoms with van der Waals surface area (Å²) < 4.78 is 6.02. The van der Waals surface area contributed by atoms with Gasteiger partial charge in [-0.3, -0.25) is 4.90 Å². The van der Waals surface area contributed by atoms with Gasteiger partial charge in [-0.25, -0.2) is 4.98 Å². The van der Waals surface area contributed by atoms with E-state index >= 15 is 0 Å². The quantitative estimate of drug-likeness (QED) is 0.492. The lowest BCUT2D eigenvalue weighted by molar-refractivity contribution is 0.294. The molecule has 1 aliphatic rings. The van der Waals surface area contributed by atoms with E-state index in [1.807, 2.05) is 29.3 Å². The van der Waals surface area contributed by atoms with Crippen molar-refractivity contribution >= 4 is 19.8 Å². The van der Waals surface area contributed by atoms with Crippen LogP contribution in [0.15, 0.2) is 48.8 Å². The van der Waals surface area contributed by atoms with Gasteiger partial charge < -0.3 is 9.33 Å². The number of pyridine rings is 1. The van der Waals surface area contributed by atoms with Gasteiger partial charge in [-0.15, -0.1) is 0 Å². The molecule has 0 bridgehead atoms. The number of anilines is 2. The highest BCUT2D eigenvalue weighted by atomic mass is 28.4. The first-order valence-corrected chi connectivity index (χ1v) is 13.8. The van der Waals surface area contributed by atoms with Crippen LogP contribution in [-0.2, 0) is 11.0 Å². The summed E-state index contributed by atoms with van der Waals surface area (Å²) in [5, 5.41) is 0. The van der Waals surface area contributed by atoms with Crippen LogP contribution in [0.2, 0.25) is 19.6 Å². The van der Waals surface area contributed by atoms with Crippen LogP contribution in [-0.4, -0.2) is 13.3 Å². The minimum Gasteiger partial charge on any atom is -0.412 e. The highest BCUT2D eigenvalue weighted by Crippen LogP contribution is 2.38. The predicted octanol–water partition coefficient (Wildman–Crippen LogP) is 6.47. The van der Waals surface area contributed by atoms with Gasteiger partial charge in [-0.2, -0.15) is 0 Å². The molecule has 5 heteroatoms. The van der Waals surface area contributed by atoms with E-state index in [0.29, 0.717) is 18.4 Å². The van der Waals surface area contributed by atoms with Crippen molar-refractivity contribution in [1.29, 1.82) is 0 Å². The molecule has 0 fully saturated rings. The Morgan fingerprint density at radius 1 is 0.897 bits per heavy atom. The Kier molecular flexibility index (Phi) is 6.49. The van der Waals surface area contributed by atoms with Crippen LogP contribution in [0.25, 0.3) is 0 Å². The molecule has 2 heterocycles. The fourth-order valence-electron chi connectivity index (χ4n) is 3.33. The molecule has 1 aromatic carbocycles. The first-order chi connectivity index (χ1) is 13.7. The zero-order valence-electron chi connectivity index (χ0n) is 18.7. The second-order valence-electron chi connectivity index (χ2n) is 9.12. The van der Waals surface area contributed by atoms with Gasteiger partial charge in [0.15, 0.2) is 8.32 Å². The molecule has 2 radical (unpaired) electrons. The van der Waals surface area contributed by atoms with Crippen LogP contribution in [0.4, 0.5) is 11.5 Å². The third-order valence-electron chi connectivity index (χ3n) is 4.86. The smallest absolute Gasteiger partial charge is 0.219 e. The SMILES string of the molecule is CC(C)c1cccc(C(C)C)c1N1[C]N(c2cccc(CO[Si](C)(C)C)n2)C=C1. The molecule has 4 nitrogen and oxygen atoms in total. The molecule has 3 rings (SSSR count). The highest BCUT2D eigenvalue weighted by molar-refractivity contribution is 6.69. The lowest BCUT2D eigenvalue weighted by Gasteiger charge is -2.27. The van der Waals surface area contributed by atoms with Gasteiger partial charge >= 0.3 is 0 Å². The van der Waals surface area contributed by atoms with Gasteiger partial charge in [0.2, 0.25) is 6.67 Å². The Balaban J connectivity index is 1.82. The first-order valence-electron chi connectivity index (χ1n) is 10.4. The molecule has 0 aliphatic carbocycles. The average molecular weight is 408 g/mol. The van der Waals surface area contributed by atoms with Gasteiger partial charge in [0.25, 0.3) is 0 Å². The normalized spacial score (nSPS) is 14.5. The lowest BCUT2D eigenvalue weighted by Crippen LogP contribution is -2.25. The molecule has 0 saturated heterocycles. The lowest BCUT2D eigenvalue weighted by atomic mass is 9.92.